The molecule has 0 spiro atoms. The first kappa shape index (κ1) is 17.7. The minimum atomic E-state index is -0.354. The highest BCUT2D eigenvalue weighted by Crippen LogP contribution is 2.21. The number of nitrogens with zero attached hydrogens (tertiary/aromatic N) is 2. The van der Waals surface area contributed by atoms with Crippen LogP contribution < -0.4 is 10.6 Å². The van der Waals surface area contributed by atoms with Crippen molar-refractivity contribution in [3.05, 3.63) is 41.6 Å². The van der Waals surface area contributed by atoms with E-state index in [4.69, 9.17) is 4.74 Å². The van der Waals surface area contributed by atoms with Crippen LogP contribution in [-0.2, 0) is 4.74 Å². The molecule has 6 nitrogen and oxygen atoms in total. The number of anilines is 3. The number of aromatic nitrogens is 2. The van der Waals surface area contributed by atoms with Crippen molar-refractivity contribution in [1.82, 2.24) is 9.97 Å². The van der Waals surface area contributed by atoms with Crippen LogP contribution in [0.5, 0.6) is 0 Å². The molecule has 1 heterocycles. The second-order valence-corrected chi connectivity index (χ2v) is 5.39. The summed E-state index contributed by atoms with van der Waals surface area (Å²) < 4.78 is 5.10. The Morgan fingerprint density at radius 3 is 2.75 bits per heavy atom. The highest BCUT2D eigenvalue weighted by Gasteiger charge is 2.12. The van der Waals surface area contributed by atoms with Crippen molar-refractivity contribution in [2.45, 2.75) is 33.6 Å². The summed E-state index contributed by atoms with van der Waals surface area (Å²) in [5.41, 5.74) is 1.99. The van der Waals surface area contributed by atoms with E-state index >= 15 is 0 Å². The standard InChI is InChI=1S/C18H24N4O2/c1-4-6-11-19-18-20-13(3)12-16(22-18)21-15-10-8-7-9-14(15)17(23)24-5-2/h7-10,12H,4-6,11H2,1-3H3,(H2,19,20,21,22). The zero-order chi connectivity index (χ0) is 17.4. The summed E-state index contributed by atoms with van der Waals surface area (Å²) in [6.45, 7) is 7.01. The average molecular weight is 328 g/mol. The Kier molecular flexibility index (Phi) is 6.54. The van der Waals surface area contributed by atoms with Crippen molar-refractivity contribution in [2.75, 3.05) is 23.8 Å². The van der Waals surface area contributed by atoms with Gasteiger partial charge in [0.1, 0.15) is 5.82 Å². The molecule has 0 bridgehead atoms. The molecule has 0 unspecified atom stereocenters. The fraction of sp³-hybridized carbons (Fsp3) is 0.389. The molecule has 0 saturated heterocycles. The summed E-state index contributed by atoms with van der Waals surface area (Å²) in [7, 11) is 0. The molecule has 128 valence electrons. The molecule has 0 aliphatic rings. The Morgan fingerprint density at radius 1 is 1.21 bits per heavy atom. The molecule has 0 aliphatic heterocycles. The normalized spacial score (nSPS) is 10.3. The molecule has 0 amide bonds. The van der Waals surface area contributed by atoms with Crippen molar-refractivity contribution < 1.29 is 9.53 Å². The van der Waals surface area contributed by atoms with Crippen molar-refractivity contribution in [3.8, 4) is 0 Å². The summed E-state index contributed by atoms with van der Waals surface area (Å²) in [5, 5.41) is 6.41. The van der Waals surface area contributed by atoms with Gasteiger partial charge in [-0.2, -0.15) is 4.98 Å². The molecule has 2 rings (SSSR count). The monoisotopic (exact) mass is 328 g/mol. The maximum atomic E-state index is 12.1. The predicted octanol–water partition coefficient (Wildman–Crippen LogP) is 3.92. The van der Waals surface area contributed by atoms with Gasteiger partial charge in [0.15, 0.2) is 0 Å². The minimum absolute atomic E-state index is 0.339. The number of carbonyl (C=O) groups excluding carboxylic acids is 1. The number of para-hydroxylation sites is 1. The lowest BCUT2D eigenvalue weighted by Crippen LogP contribution is -2.10. The van der Waals surface area contributed by atoms with Crippen molar-refractivity contribution in [2.24, 2.45) is 0 Å². The van der Waals surface area contributed by atoms with Crippen LogP contribution in [0.25, 0.3) is 0 Å². The Hall–Kier alpha value is -2.63. The second kappa shape index (κ2) is 8.86. The maximum absolute atomic E-state index is 12.1. The van der Waals surface area contributed by atoms with E-state index in [0.29, 0.717) is 29.6 Å². The van der Waals surface area contributed by atoms with E-state index in [1.165, 1.54) is 0 Å². The molecule has 6 heteroatoms. The molecule has 1 aromatic carbocycles. The Labute approximate surface area is 142 Å². The van der Waals surface area contributed by atoms with Crippen LogP contribution in [0.3, 0.4) is 0 Å². The molecular formula is C18H24N4O2. The number of nitrogens with one attached hydrogen (secondary N) is 2. The number of rotatable bonds is 8. The van der Waals surface area contributed by atoms with Gasteiger partial charge in [-0.05, 0) is 32.4 Å². The molecule has 0 aliphatic carbocycles. The zero-order valence-corrected chi connectivity index (χ0v) is 14.4. The van der Waals surface area contributed by atoms with Gasteiger partial charge in [0.05, 0.1) is 17.9 Å². The lowest BCUT2D eigenvalue weighted by atomic mass is 10.2. The van der Waals surface area contributed by atoms with Gasteiger partial charge in [0.2, 0.25) is 5.95 Å². The average Bonchev–Trinajstić information content (AvgIpc) is 2.55. The number of benzene rings is 1. The highest BCUT2D eigenvalue weighted by atomic mass is 16.5. The van der Waals surface area contributed by atoms with Gasteiger partial charge in [0.25, 0.3) is 0 Å². The third kappa shape index (κ3) is 4.94. The number of hydrogen-bond acceptors (Lipinski definition) is 6. The van der Waals surface area contributed by atoms with Crippen molar-refractivity contribution in [3.63, 3.8) is 0 Å². The topological polar surface area (TPSA) is 76.1 Å². The summed E-state index contributed by atoms with van der Waals surface area (Å²) >= 11 is 0. The van der Waals surface area contributed by atoms with Gasteiger partial charge < -0.3 is 15.4 Å². The number of carbonyl (C=O) groups is 1. The summed E-state index contributed by atoms with van der Waals surface area (Å²) in [6.07, 6.45) is 2.17. The van der Waals surface area contributed by atoms with Crippen LogP contribution in [0.1, 0.15) is 42.7 Å². The van der Waals surface area contributed by atoms with E-state index < -0.39 is 0 Å². The van der Waals surface area contributed by atoms with Gasteiger partial charge in [-0.1, -0.05) is 25.5 Å². The van der Waals surface area contributed by atoms with E-state index in [-0.39, 0.29) is 5.97 Å². The molecule has 0 fully saturated rings. The fourth-order valence-electron chi connectivity index (χ4n) is 2.21. The number of esters is 1. The Balaban J connectivity index is 2.20. The van der Waals surface area contributed by atoms with E-state index in [0.717, 1.165) is 25.1 Å². The lowest BCUT2D eigenvalue weighted by molar-refractivity contribution is 0.0527. The number of aryl methyl sites for hydroxylation is 1. The second-order valence-electron chi connectivity index (χ2n) is 5.39. The third-order valence-corrected chi connectivity index (χ3v) is 3.35. The lowest BCUT2D eigenvalue weighted by Gasteiger charge is -2.12. The van der Waals surface area contributed by atoms with Crippen molar-refractivity contribution in [1.29, 1.82) is 0 Å². The van der Waals surface area contributed by atoms with E-state index in [2.05, 4.69) is 27.5 Å². The van der Waals surface area contributed by atoms with Gasteiger partial charge in [-0.15, -0.1) is 0 Å². The largest absolute Gasteiger partial charge is 0.462 e. The molecule has 24 heavy (non-hydrogen) atoms. The minimum Gasteiger partial charge on any atom is -0.462 e. The van der Waals surface area contributed by atoms with Crippen LogP contribution in [0.2, 0.25) is 0 Å². The van der Waals surface area contributed by atoms with Gasteiger partial charge in [-0.3, -0.25) is 0 Å². The highest BCUT2D eigenvalue weighted by molar-refractivity contribution is 5.96. The summed E-state index contributed by atoms with van der Waals surface area (Å²) in [6, 6.07) is 9.06. The number of ether oxygens (including phenoxy) is 1. The Morgan fingerprint density at radius 2 is 2.00 bits per heavy atom. The molecular weight excluding hydrogens is 304 g/mol. The van der Waals surface area contributed by atoms with Crippen LogP contribution in [0, 0.1) is 6.92 Å². The number of hydrogen-bond donors (Lipinski definition) is 2. The maximum Gasteiger partial charge on any atom is 0.340 e. The van der Waals surface area contributed by atoms with Gasteiger partial charge in [-0.25, -0.2) is 9.78 Å². The molecule has 2 N–H and O–H groups in total. The number of unbranched alkanes of at least 4 members (excludes halogenated alkanes) is 1. The summed E-state index contributed by atoms with van der Waals surface area (Å²) in [5.74, 6) is 0.866. The molecule has 2 aromatic rings. The van der Waals surface area contributed by atoms with Gasteiger partial charge >= 0.3 is 5.97 Å². The molecule has 0 atom stereocenters. The fourth-order valence-corrected chi connectivity index (χ4v) is 2.21. The van der Waals surface area contributed by atoms with E-state index in [9.17, 15) is 4.79 Å². The first-order valence-electron chi connectivity index (χ1n) is 8.26. The van der Waals surface area contributed by atoms with Crippen LogP contribution in [0.15, 0.2) is 30.3 Å². The predicted molar refractivity (Wildman–Crippen MR) is 95.8 cm³/mol. The molecule has 0 saturated carbocycles. The molecule has 0 radical (unpaired) electrons. The first-order valence-corrected chi connectivity index (χ1v) is 8.26. The van der Waals surface area contributed by atoms with E-state index in [1.807, 2.05) is 25.1 Å². The van der Waals surface area contributed by atoms with Crippen molar-refractivity contribution >= 4 is 23.4 Å². The Bertz CT molecular complexity index is 688. The molecule has 1 aromatic heterocycles. The van der Waals surface area contributed by atoms with Crippen LogP contribution in [0.4, 0.5) is 17.5 Å². The summed E-state index contributed by atoms with van der Waals surface area (Å²) in [4.78, 5) is 20.9. The quantitative estimate of drug-likeness (QED) is 0.565. The zero-order valence-electron chi connectivity index (χ0n) is 14.4. The van der Waals surface area contributed by atoms with E-state index in [1.54, 1.807) is 19.1 Å². The SMILES string of the molecule is CCCCNc1nc(C)cc(Nc2ccccc2C(=O)OCC)n1. The van der Waals surface area contributed by atoms with Crippen LogP contribution >= 0.6 is 0 Å². The van der Waals surface area contributed by atoms with Gasteiger partial charge in [0, 0.05) is 18.3 Å². The smallest absolute Gasteiger partial charge is 0.340 e. The van der Waals surface area contributed by atoms with Crippen LogP contribution in [-0.4, -0.2) is 29.1 Å². The third-order valence-electron chi connectivity index (χ3n) is 3.35. The first-order chi connectivity index (χ1) is 11.6.